The van der Waals surface area contributed by atoms with Crippen molar-refractivity contribution in [2.24, 2.45) is 10.1 Å². The Bertz CT molecular complexity index is 623. The lowest BCUT2D eigenvalue weighted by Gasteiger charge is -2.14. The lowest BCUT2D eigenvalue weighted by atomic mass is 10.2. The van der Waals surface area contributed by atoms with Crippen LogP contribution >= 0.6 is 0 Å². The molecule has 0 bridgehead atoms. The number of nitrogens with two attached hydrogens (primary N) is 1. The molecule has 1 aliphatic rings. The lowest BCUT2D eigenvalue weighted by Crippen LogP contribution is -2.41. The maximum Gasteiger partial charge on any atom is 0.238 e. The van der Waals surface area contributed by atoms with Crippen molar-refractivity contribution >= 4 is 16.0 Å². The van der Waals surface area contributed by atoms with Crippen LogP contribution in [0.1, 0.15) is 25.3 Å². The van der Waals surface area contributed by atoms with E-state index in [2.05, 4.69) is 15.6 Å². The van der Waals surface area contributed by atoms with Crippen molar-refractivity contribution in [2.75, 3.05) is 19.7 Å². The number of rotatable bonds is 6. The Morgan fingerprint density at radius 3 is 2.65 bits per heavy atom. The topological polar surface area (TPSA) is 106 Å². The van der Waals surface area contributed by atoms with E-state index in [-0.39, 0.29) is 11.0 Å². The van der Waals surface area contributed by atoms with E-state index < -0.39 is 10.0 Å². The first-order valence-corrected chi connectivity index (χ1v) is 9.29. The fourth-order valence-electron chi connectivity index (χ4n) is 2.31. The van der Waals surface area contributed by atoms with E-state index in [0.717, 1.165) is 44.1 Å². The molecule has 1 atom stereocenters. The van der Waals surface area contributed by atoms with E-state index >= 15 is 0 Å². The number of primary sulfonamides is 1. The third kappa shape index (κ3) is 5.81. The molecular formula is C15H24N4O3S. The molecule has 0 spiro atoms. The van der Waals surface area contributed by atoms with Crippen LogP contribution < -0.4 is 15.8 Å². The van der Waals surface area contributed by atoms with Gasteiger partial charge in [-0.1, -0.05) is 12.1 Å². The van der Waals surface area contributed by atoms with Gasteiger partial charge in [-0.15, -0.1) is 0 Å². The average molecular weight is 340 g/mol. The number of guanidine groups is 1. The van der Waals surface area contributed by atoms with Crippen molar-refractivity contribution in [3.63, 3.8) is 0 Å². The molecule has 7 nitrogen and oxygen atoms in total. The zero-order valence-electron chi connectivity index (χ0n) is 13.3. The van der Waals surface area contributed by atoms with E-state index in [0.29, 0.717) is 6.54 Å². The number of ether oxygens (including phenoxy) is 1. The van der Waals surface area contributed by atoms with Crippen molar-refractivity contribution in [1.82, 2.24) is 10.6 Å². The van der Waals surface area contributed by atoms with Crippen LogP contribution in [-0.2, 0) is 21.3 Å². The second-order valence-electron chi connectivity index (χ2n) is 5.40. The Morgan fingerprint density at radius 2 is 2.09 bits per heavy atom. The van der Waals surface area contributed by atoms with E-state index in [1.165, 1.54) is 12.1 Å². The first-order valence-electron chi connectivity index (χ1n) is 7.74. The molecule has 4 N–H and O–H groups in total. The van der Waals surface area contributed by atoms with Gasteiger partial charge < -0.3 is 15.4 Å². The highest BCUT2D eigenvalue weighted by Crippen LogP contribution is 2.11. The van der Waals surface area contributed by atoms with Crippen LogP contribution in [0.15, 0.2) is 34.2 Å². The number of hydrogen-bond acceptors (Lipinski definition) is 4. The second-order valence-corrected chi connectivity index (χ2v) is 6.96. The molecule has 1 unspecified atom stereocenters. The molecule has 1 aromatic rings. The molecule has 1 aromatic carbocycles. The van der Waals surface area contributed by atoms with E-state index in [1.54, 1.807) is 12.1 Å². The summed E-state index contributed by atoms with van der Waals surface area (Å²) in [6.45, 7) is 4.78. The first kappa shape index (κ1) is 17.7. The van der Waals surface area contributed by atoms with Gasteiger partial charge in [0.15, 0.2) is 5.96 Å². The van der Waals surface area contributed by atoms with Gasteiger partial charge >= 0.3 is 0 Å². The Hall–Kier alpha value is -1.64. The smallest absolute Gasteiger partial charge is 0.238 e. The third-order valence-corrected chi connectivity index (χ3v) is 4.47. The van der Waals surface area contributed by atoms with Gasteiger partial charge in [-0.05, 0) is 37.5 Å². The number of aliphatic imine (C=N–C) groups is 1. The van der Waals surface area contributed by atoms with Crippen LogP contribution in [0.5, 0.6) is 0 Å². The predicted molar refractivity (Wildman–Crippen MR) is 89.6 cm³/mol. The van der Waals surface area contributed by atoms with Gasteiger partial charge in [0, 0.05) is 19.7 Å². The van der Waals surface area contributed by atoms with Crippen molar-refractivity contribution in [3.05, 3.63) is 29.8 Å². The van der Waals surface area contributed by atoms with Crippen LogP contribution in [0, 0.1) is 0 Å². The lowest BCUT2D eigenvalue weighted by molar-refractivity contribution is 0.114. The Balaban J connectivity index is 1.93. The highest BCUT2D eigenvalue weighted by Gasteiger charge is 2.15. The summed E-state index contributed by atoms with van der Waals surface area (Å²) in [5.74, 6) is 0.721. The predicted octanol–water partition coefficient (Wildman–Crippen LogP) is 0.568. The van der Waals surface area contributed by atoms with Gasteiger partial charge in [-0.3, -0.25) is 0 Å². The van der Waals surface area contributed by atoms with Crippen molar-refractivity contribution in [3.8, 4) is 0 Å². The minimum atomic E-state index is -3.65. The van der Waals surface area contributed by atoms with Gasteiger partial charge in [-0.2, -0.15) is 0 Å². The number of nitrogens with one attached hydrogen (secondary N) is 2. The molecule has 1 saturated heterocycles. The van der Waals surface area contributed by atoms with Gasteiger partial charge in [0.25, 0.3) is 0 Å². The zero-order chi connectivity index (χ0) is 16.7. The number of hydrogen-bond donors (Lipinski definition) is 3. The average Bonchev–Trinajstić information content (AvgIpc) is 3.03. The van der Waals surface area contributed by atoms with E-state index in [1.807, 2.05) is 6.92 Å². The van der Waals surface area contributed by atoms with Gasteiger partial charge in [0.1, 0.15) is 0 Å². The van der Waals surface area contributed by atoms with Gasteiger partial charge in [-0.25, -0.2) is 18.5 Å². The van der Waals surface area contributed by atoms with Crippen LogP contribution in [0.25, 0.3) is 0 Å². The molecule has 0 radical (unpaired) electrons. The quantitative estimate of drug-likeness (QED) is 0.518. The molecule has 8 heteroatoms. The second kappa shape index (κ2) is 8.28. The number of sulfonamides is 1. The monoisotopic (exact) mass is 340 g/mol. The molecule has 23 heavy (non-hydrogen) atoms. The van der Waals surface area contributed by atoms with Crippen LogP contribution in [-0.4, -0.2) is 40.2 Å². The van der Waals surface area contributed by atoms with Crippen molar-refractivity contribution < 1.29 is 13.2 Å². The molecular weight excluding hydrogens is 316 g/mol. The fourth-order valence-corrected chi connectivity index (χ4v) is 2.83. The summed E-state index contributed by atoms with van der Waals surface area (Å²) in [5.41, 5.74) is 0.909. The van der Waals surface area contributed by atoms with Crippen LogP contribution in [0.2, 0.25) is 0 Å². The first-order chi connectivity index (χ1) is 11.0. The van der Waals surface area contributed by atoms with Crippen LogP contribution in [0.4, 0.5) is 0 Å². The van der Waals surface area contributed by atoms with E-state index in [9.17, 15) is 8.42 Å². The minimum Gasteiger partial charge on any atom is -0.376 e. The summed E-state index contributed by atoms with van der Waals surface area (Å²) in [4.78, 5) is 4.60. The molecule has 0 aromatic heterocycles. The van der Waals surface area contributed by atoms with Crippen molar-refractivity contribution in [2.45, 2.75) is 37.3 Å². The summed E-state index contributed by atoms with van der Waals surface area (Å²) >= 11 is 0. The van der Waals surface area contributed by atoms with E-state index in [4.69, 9.17) is 9.88 Å². The Labute approximate surface area is 137 Å². The highest BCUT2D eigenvalue weighted by molar-refractivity contribution is 7.89. The maximum atomic E-state index is 11.2. The summed E-state index contributed by atoms with van der Waals surface area (Å²) < 4.78 is 28.0. The Morgan fingerprint density at radius 1 is 1.35 bits per heavy atom. The maximum absolute atomic E-state index is 11.2. The molecule has 1 aliphatic heterocycles. The van der Waals surface area contributed by atoms with Crippen molar-refractivity contribution in [1.29, 1.82) is 0 Å². The SMILES string of the molecule is CCNC(=NCc1ccc(S(N)(=O)=O)cc1)NCC1CCCO1. The molecule has 0 aliphatic carbocycles. The summed E-state index contributed by atoms with van der Waals surface area (Å²) in [7, 11) is -3.65. The molecule has 128 valence electrons. The summed E-state index contributed by atoms with van der Waals surface area (Å²) in [5, 5.41) is 11.5. The minimum absolute atomic E-state index is 0.105. The van der Waals surface area contributed by atoms with Gasteiger partial charge in [0.05, 0.1) is 17.5 Å². The molecule has 1 heterocycles. The van der Waals surface area contributed by atoms with Gasteiger partial charge in [0.2, 0.25) is 10.0 Å². The fraction of sp³-hybridized carbons (Fsp3) is 0.533. The number of nitrogens with zero attached hydrogens (tertiary/aromatic N) is 1. The summed E-state index contributed by atoms with van der Waals surface area (Å²) in [6.07, 6.45) is 2.42. The standard InChI is InChI=1S/C15H24N4O3S/c1-2-17-15(19-11-13-4-3-9-22-13)18-10-12-5-7-14(8-6-12)23(16,20)21/h5-8,13H,2-4,9-11H2,1H3,(H2,16,20,21)(H2,17,18,19). The van der Waals surface area contributed by atoms with Crippen LogP contribution in [0.3, 0.4) is 0 Å². The highest BCUT2D eigenvalue weighted by atomic mass is 32.2. The number of benzene rings is 1. The largest absolute Gasteiger partial charge is 0.376 e. The summed E-state index contributed by atoms with van der Waals surface area (Å²) in [6, 6.07) is 6.42. The third-order valence-electron chi connectivity index (χ3n) is 3.54. The zero-order valence-corrected chi connectivity index (χ0v) is 14.1. The molecule has 0 amide bonds. The Kier molecular flexibility index (Phi) is 6.37. The molecule has 1 fully saturated rings. The molecule has 2 rings (SSSR count). The molecule has 0 saturated carbocycles. The normalized spacial score (nSPS) is 18.9.